The number of benzene rings is 2. The van der Waals surface area contributed by atoms with E-state index in [1.807, 2.05) is 30.7 Å². The zero-order valence-corrected chi connectivity index (χ0v) is 13.1. The number of imidazole rings is 1. The summed E-state index contributed by atoms with van der Waals surface area (Å²) < 4.78 is 3.22. The Morgan fingerprint density at radius 2 is 1.71 bits per heavy atom. The van der Waals surface area contributed by atoms with Crippen LogP contribution >= 0.6 is 15.9 Å². The van der Waals surface area contributed by atoms with E-state index in [4.69, 9.17) is 5.73 Å². The second-order valence-electron chi connectivity index (χ2n) is 4.91. The summed E-state index contributed by atoms with van der Waals surface area (Å²) in [6.07, 6.45) is 3.76. The molecule has 1 heterocycles. The highest BCUT2D eigenvalue weighted by molar-refractivity contribution is 9.10. The summed E-state index contributed by atoms with van der Waals surface area (Å²) in [5.74, 6) is 0. The minimum atomic E-state index is 0.577. The second kappa shape index (κ2) is 6.24. The molecule has 0 aliphatic heterocycles. The Morgan fingerprint density at radius 3 is 2.43 bits per heavy atom. The first-order valence-corrected chi connectivity index (χ1v) is 7.60. The average Bonchev–Trinajstić information content (AvgIpc) is 2.96. The maximum atomic E-state index is 5.63. The molecule has 3 nitrogen and oxygen atoms in total. The molecular formula is C17H16BrN3. The van der Waals surface area contributed by atoms with Crippen molar-refractivity contribution in [1.82, 2.24) is 9.55 Å². The molecule has 0 radical (unpaired) electrons. The molecule has 0 aliphatic carbocycles. The van der Waals surface area contributed by atoms with Crippen LogP contribution in [0.3, 0.4) is 0 Å². The van der Waals surface area contributed by atoms with Crippen molar-refractivity contribution in [3.63, 3.8) is 0 Å². The van der Waals surface area contributed by atoms with Crippen LogP contribution in [-0.2, 0) is 13.1 Å². The van der Waals surface area contributed by atoms with Crippen molar-refractivity contribution in [1.29, 1.82) is 0 Å². The van der Waals surface area contributed by atoms with E-state index in [9.17, 15) is 0 Å². The predicted molar refractivity (Wildman–Crippen MR) is 88.8 cm³/mol. The van der Waals surface area contributed by atoms with E-state index < -0.39 is 0 Å². The van der Waals surface area contributed by atoms with Crippen LogP contribution in [0.25, 0.3) is 11.3 Å². The molecule has 0 fully saturated rings. The number of nitrogens with two attached hydrogens (primary N) is 1. The van der Waals surface area contributed by atoms with E-state index in [1.165, 1.54) is 5.56 Å². The fourth-order valence-corrected chi connectivity index (χ4v) is 2.81. The van der Waals surface area contributed by atoms with E-state index in [2.05, 4.69) is 55.8 Å². The maximum absolute atomic E-state index is 5.63. The van der Waals surface area contributed by atoms with E-state index in [1.54, 1.807) is 0 Å². The monoisotopic (exact) mass is 341 g/mol. The van der Waals surface area contributed by atoms with Crippen LogP contribution in [0.15, 0.2) is 65.5 Å². The lowest BCUT2D eigenvalue weighted by Gasteiger charge is -2.10. The second-order valence-corrected chi connectivity index (χ2v) is 5.76. The molecule has 106 valence electrons. The van der Waals surface area contributed by atoms with Gasteiger partial charge in [-0.1, -0.05) is 58.4 Å². The molecule has 0 spiro atoms. The van der Waals surface area contributed by atoms with Crippen LogP contribution in [0.1, 0.15) is 11.1 Å². The number of hydrogen-bond donors (Lipinski definition) is 1. The Kier molecular flexibility index (Phi) is 4.18. The minimum absolute atomic E-state index is 0.577. The topological polar surface area (TPSA) is 43.8 Å². The standard InChI is InChI=1S/C17H16BrN3/c18-16-4-2-1-3-15(16)17-10-20-12-21(17)11-14-7-5-13(9-19)6-8-14/h1-8,10,12H,9,11,19H2. The molecule has 1 aromatic heterocycles. The Bertz CT molecular complexity index is 732. The van der Waals surface area contributed by atoms with Crippen molar-refractivity contribution in [2.45, 2.75) is 13.1 Å². The molecule has 3 aromatic rings. The Morgan fingerprint density at radius 1 is 1.00 bits per heavy atom. The van der Waals surface area contributed by atoms with Gasteiger partial charge in [0.25, 0.3) is 0 Å². The molecule has 2 aromatic carbocycles. The van der Waals surface area contributed by atoms with Gasteiger partial charge in [0.2, 0.25) is 0 Å². The van der Waals surface area contributed by atoms with Crippen LogP contribution in [0.2, 0.25) is 0 Å². The summed E-state index contributed by atoms with van der Waals surface area (Å²) in [5.41, 5.74) is 10.3. The van der Waals surface area contributed by atoms with Crippen LogP contribution in [-0.4, -0.2) is 9.55 Å². The Labute approximate surface area is 132 Å². The largest absolute Gasteiger partial charge is 0.326 e. The number of hydrogen-bond acceptors (Lipinski definition) is 2. The lowest BCUT2D eigenvalue weighted by molar-refractivity contribution is 0.803. The molecule has 0 saturated carbocycles. The van der Waals surface area contributed by atoms with Crippen LogP contribution in [0.5, 0.6) is 0 Å². The van der Waals surface area contributed by atoms with Crippen molar-refractivity contribution in [2.75, 3.05) is 0 Å². The minimum Gasteiger partial charge on any atom is -0.326 e. The highest BCUT2D eigenvalue weighted by Gasteiger charge is 2.08. The summed E-state index contributed by atoms with van der Waals surface area (Å²) in [5, 5.41) is 0. The predicted octanol–water partition coefficient (Wildman–Crippen LogP) is 3.82. The van der Waals surface area contributed by atoms with Gasteiger partial charge < -0.3 is 10.3 Å². The zero-order valence-electron chi connectivity index (χ0n) is 11.5. The first-order chi connectivity index (χ1) is 10.3. The Balaban J connectivity index is 1.90. The van der Waals surface area contributed by atoms with Gasteiger partial charge in [0.1, 0.15) is 0 Å². The SMILES string of the molecule is NCc1ccc(Cn2cncc2-c2ccccc2Br)cc1. The van der Waals surface area contributed by atoms with Gasteiger partial charge in [-0.2, -0.15) is 0 Å². The van der Waals surface area contributed by atoms with E-state index >= 15 is 0 Å². The third-order valence-corrected chi connectivity index (χ3v) is 4.17. The number of nitrogens with zero attached hydrogens (tertiary/aromatic N) is 2. The number of rotatable bonds is 4. The lowest BCUT2D eigenvalue weighted by atomic mass is 10.1. The molecule has 0 bridgehead atoms. The molecule has 0 aliphatic rings. The summed E-state index contributed by atoms with van der Waals surface area (Å²) in [6, 6.07) is 16.6. The number of aromatic nitrogens is 2. The molecule has 2 N–H and O–H groups in total. The lowest BCUT2D eigenvalue weighted by Crippen LogP contribution is -2.01. The van der Waals surface area contributed by atoms with E-state index in [0.717, 1.165) is 27.8 Å². The highest BCUT2D eigenvalue weighted by Crippen LogP contribution is 2.28. The number of halogens is 1. The fourth-order valence-electron chi connectivity index (χ4n) is 2.32. The van der Waals surface area contributed by atoms with Gasteiger partial charge in [-0.25, -0.2) is 4.98 Å². The van der Waals surface area contributed by atoms with Crippen molar-refractivity contribution in [3.8, 4) is 11.3 Å². The molecule has 21 heavy (non-hydrogen) atoms. The maximum Gasteiger partial charge on any atom is 0.0954 e. The van der Waals surface area contributed by atoms with Crippen molar-refractivity contribution in [3.05, 3.63) is 76.7 Å². The van der Waals surface area contributed by atoms with Crippen molar-refractivity contribution < 1.29 is 0 Å². The molecule has 0 unspecified atom stereocenters. The Hall–Kier alpha value is -1.91. The third-order valence-electron chi connectivity index (χ3n) is 3.47. The summed E-state index contributed by atoms with van der Waals surface area (Å²) in [4.78, 5) is 4.29. The van der Waals surface area contributed by atoms with Gasteiger partial charge in [-0.05, 0) is 17.2 Å². The summed E-state index contributed by atoms with van der Waals surface area (Å²) in [6.45, 7) is 1.37. The van der Waals surface area contributed by atoms with E-state index in [0.29, 0.717) is 6.54 Å². The molecule has 0 saturated heterocycles. The summed E-state index contributed by atoms with van der Waals surface area (Å²) in [7, 11) is 0. The van der Waals surface area contributed by atoms with Gasteiger partial charge in [0.05, 0.1) is 18.2 Å². The van der Waals surface area contributed by atoms with Crippen LogP contribution in [0.4, 0.5) is 0 Å². The average molecular weight is 342 g/mol. The quantitative estimate of drug-likeness (QED) is 0.783. The fraction of sp³-hybridized carbons (Fsp3) is 0.118. The normalized spacial score (nSPS) is 10.8. The first kappa shape index (κ1) is 14.0. The molecular weight excluding hydrogens is 326 g/mol. The first-order valence-electron chi connectivity index (χ1n) is 6.81. The third kappa shape index (κ3) is 3.06. The van der Waals surface area contributed by atoms with E-state index in [-0.39, 0.29) is 0 Å². The molecule has 4 heteroatoms. The highest BCUT2D eigenvalue weighted by atomic mass is 79.9. The van der Waals surface area contributed by atoms with Gasteiger partial charge >= 0.3 is 0 Å². The molecule has 0 atom stereocenters. The molecule has 0 amide bonds. The van der Waals surface area contributed by atoms with Gasteiger partial charge in [0.15, 0.2) is 0 Å². The van der Waals surface area contributed by atoms with Gasteiger partial charge in [-0.15, -0.1) is 0 Å². The smallest absolute Gasteiger partial charge is 0.0954 e. The van der Waals surface area contributed by atoms with Crippen molar-refractivity contribution in [2.24, 2.45) is 5.73 Å². The van der Waals surface area contributed by atoms with Gasteiger partial charge in [0, 0.05) is 23.1 Å². The van der Waals surface area contributed by atoms with Crippen LogP contribution in [0, 0.1) is 0 Å². The van der Waals surface area contributed by atoms with Crippen LogP contribution < -0.4 is 5.73 Å². The van der Waals surface area contributed by atoms with Gasteiger partial charge in [-0.3, -0.25) is 0 Å². The summed E-state index contributed by atoms with van der Waals surface area (Å²) >= 11 is 3.60. The zero-order chi connectivity index (χ0) is 14.7. The molecule has 3 rings (SSSR count). The van der Waals surface area contributed by atoms with Crippen molar-refractivity contribution >= 4 is 15.9 Å².